The van der Waals surface area contributed by atoms with Crippen molar-refractivity contribution in [1.82, 2.24) is 10.6 Å². The van der Waals surface area contributed by atoms with Crippen LogP contribution >= 0.6 is 0 Å². The molecule has 148 valence electrons. The zero-order valence-electron chi connectivity index (χ0n) is 17.3. The van der Waals surface area contributed by atoms with Crippen molar-refractivity contribution in [3.05, 3.63) is 29.8 Å². The van der Waals surface area contributed by atoms with Gasteiger partial charge in [-0.25, -0.2) is 0 Å². The molecule has 0 bridgehead atoms. The summed E-state index contributed by atoms with van der Waals surface area (Å²) in [4.78, 5) is 26.8. The van der Waals surface area contributed by atoms with Crippen LogP contribution in [-0.4, -0.2) is 35.5 Å². The predicted molar refractivity (Wildman–Crippen MR) is 109 cm³/mol. The fraction of sp³-hybridized carbons (Fsp3) is 0.636. The summed E-state index contributed by atoms with van der Waals surface area (Å²) in [5.74, 6) is 0.506. The summed E-state index contributed by atoms with van der Waals surface area (Å²) in [5.41, 5.74) is 2.16. The number of hydrogen-bond donors (Lipinski definition) is 2. The van der Waals surface area contributed by atoms with Gasteiger partial charge in [-0.3, -0.25) is 9.59 Å². The third-order valence-electron chi connectivity index (χ3n) is 5.58. The lowest BCUT2D eigenvalue weighted by atomic mass is 9.74. The molecule has 2 fully saturated rings. The van der Waals surface area contributed by atoms with Crippen LogP contribution in [0.3, 0.4) is 0 Å². The Hall–Kier alpha value is -1.88. The molecule has 0 radical (unpaired) electrons. The molecule has 2 aliphatic rings. The predicted octanol–water partition coefficient (Wildman–Crippen LogP) is 3.16. The van der Waals surface area contributed by atoms with Gasteiger partial charge in [-0.1, -0.05) is 17.7 Å². The number of nitrogens with one attached hydrogen (secondary N) is 2. The molecule has 2 saturated heterocycles. The fourth-order valence-corrected chi connectivity index (χ4v) is 5.01. The minimum absolute atomic E-state index is 0.0399. The third kappa shape index (κ3) is 5.10. The first-order chi connectivity index (χ1) is 12.5. The summed E-state index contributed by atoms with van der Waals surface area (Å²) < 4.78 is 0. The molecule has 1 aromatic rings. The van der Waals surface area contributed by atoms with Gasteiger partial charge in [0, 0.05) is 36.2 Å². The van der Waals surface area contributed by atoms with Crippen molar-refractivity contribution < 1.29 is 9.59 Å². The lowest BCUT2D eigenvalue weighted by Crippen LogP contribution is -2.58. The van der Waals surface area contributed by atoms with Gasteiger partial charge in [0.05, 0.1) is 6.04 Å². The molecule has 2 N–H and O–H groups in total. The molecular weight excluding hydrogens is 338 g/mol. The monoisotopic (exact) mass is 371 g/mol. The molecule has 3 rings (SSSR count). The first kappa shape index (κ1) is 19.9. The minimum atomic E-state index is -0.103. The number of anilines is 1. The number of amides is 2. The van der Waals surface area contributed by atoms with Crippen LogP contribution in [0.5, 0.6) is 0 Å². The van der Waals surface area contributed by atoms with Crippen LogP contribution in [0.15, 0.2) is 24.3 Å². The van der Waals surface area contributed by atoms with Crippen molar-refractivity contribution in [2.75, 3.05) is 11.4 Å². The maximum atomic E-state index is 12.6. The molecule has 1 atom stereocenters. The lowest BCUT2D eigenvalue weighted by molar-refractivity contribution is -0.123. The first-order valence-corrected chi connectivity index (χ1v) is 9.99. The van der Waals surface area contributed by atoms with Crippen LogP contribution < -0.4 is 15.5 Å². The highest BCUT2D eigenvalue weighted by Crippen LogP contribution is 2.34. The molecular formula is C22H33N3O2. The summed E-state index contributed by atoms with van der Waals surface area (Å²) in [6.07, 6.45) is 2.89. The van der Waals surface area contributed by atoms with Crippen molar-refractivity contribution in [3.8, 4) is 0 Å². The smallest absolute Gasteiger partial charge is 0.229 e. The van der Waals surface area contributed by atoms with Crippen LogP contribution in [0, 0.1) is 12.8 Å². The van der Waals surface area contributed by atoms with E-state index in [0.29, 0.717) is 25.3 Å². The average molecular weight is 372 g/mol. The van der Waals surface area contributed by atoms with Gasteiger partial charge in [-0.05, 0) is 65.5 Å². The van der Waals surface area contributed by atoms with E-state index >= 15 is 0 Å². The molecule has 0 saturated carbocycles. The van der Waals surface area contributed by atoms with E-state index in [-0.39, 0.29) is 28.9 Å². The number of rotatable bonds is 4. The highest BCUT2D eigenvalue weighted by atomic mass is 16.2. The van der Waals surface area contributed by atoms with E-state index < -0.39 is 0 Å². The van der Waals surface area contributed by atoms with Gasteiger partial charge in [-0.15, -0.1) is 0 Å². The number of hydrogen-bond acceptors (Lipinski definition) is 3. The molecule has 27 heavy (non-hydrogen) atoms. The van der Waals surface area contributed by atoms with Crippen molar-refractivity contribution in [1.29, 1.82) is 0 Å². The van der Waals surface area contributed by atoms with Crippen LogP contribution in [0.25, 0.3) is 0 Å². The highest BCUT2D eigenvalue weighted by Gasteiger charge is 2.39. The molecule has 1 unspecified atom stereocenters. The summed E-state index contributed by atoms with van der Waals surface area (Å²) >= 11 is 0. The van der Waals surface area contributed by atoms with Gasteiger partial charge in [0.15, 0.2) is 0 Å². The number of carbonyl (C=O) groups excluding carboxylic acids is 2. The molecule has 2 heterocycles. The zero-order valence-corrected chi connectivity index (χ0v) is 17.3. The van der Waals surface area contributed by atoms with Crippen molar-refractivity contribution in [3.63, 3.8) is 0 Å². The normalized spacial score (nSPS) is 24.9. The quantitative estimate of drug-likeness (QED) is 0.855. The van der Waals surface area contributed by atoms with Gasteiger partial charge in [0.25, 0.3) is 0 Å². The molecule has 2 aliphatic heterocycles. The number of aryl methyl sites for hydroxylation is 1. The minimum Gasteiger partial charge on any atom is -0.351 e. The SMILES string of the molecule is Cc1ccc(N2CC(NC(=O)CC3CC(C)(C)NC(C)(C)C3)CC2=O)cc1. The van der Waals surface area contributed by atoms with E-state index in [1.807, 2.05) is 31.2 Å². The van der Waals surface area contributed by atoms with Crippen molar-refractivity contribution >= 4 is 17.5 Å². The summed E-state index contributed by atoms with van der Waals surface area (Å²) in [6, 6.07) is 7.85. The van der Waals surface area contributed by atoms with Crippen molar-refractivity contribution in [2.24, 2.45) is 5.92 Å². The Balaban J connectivity index is 1.55. The molecule has 0 aromatic heterocycles. The molecule has 2 amide bonds. The van der Waals surface area contributed by atoms with E-state index in [9.17, 15) is 9.59 Å². The number of nitrogens with zero attached hydrogens (tertiary/aromatic N) is 1. The number of piperidine rings is 1. The molecule has 5 nitrogen and oxygen atoms in total. The summed E-state index contributed by atoms with van der Waals surface area (Å²) in [5, 5.41) is 6.76. The fourth-order valence-electron chi connectivity index (χ4n) is 5.01. The summed E-state index contributed by atoms with van der Waals surface area (Å²) in [7, 11) is 0. The number of benzene rings is 1. The van der Waals surface area contributed by atoms with E-state index in [0.717, 1.165) is 18.5 Å². The summed E-state index contributed by atoms with van der Waals surface area (Å²) in [6.45, 7) is 11.4. The first-order valence-electron chi connectivity index (χ1n) is 9.99. The standard InChI is InChI=1S/C22H33N3O2/c1-15-6-8-18(9-7-15)25-14-17(11-20(25)27)23-19(26)10-16-12-21(2,3)24-22(4,5)13-16/h6-9,16-17,24H,10-14H2,1-5H3,(H,23,26). The second kappa shape index (κ2) is 7.27. The molecule has 0 spiro atoms. The van der Waals surface area contributed by atoms with E-state index in [2.05, 4.69) is 38.3 Å². The molecule has 1 aromatic carbocycles. The van der Waals surface area contributed by atoms with Crippen LogP contribution in [-0.2, 0) is 9.59 Å². The van der Waals surface area contributed by atoms with E-state index in [1.54, 1.807) is 4.90 Å². The van der Waals surface area contributed by atoms with Gasteiger partial charge < -0.3 is 15.5 Å². The average Bonchev–Trinajstić information content (AvgIpc) is 2.84. The second-order valence-electron chi connectivity index (χ2n) is 9.68. The maximum Gasteiger partial charge on any atom is 0.229 e. The molecule has 0 aliphatic carbocycles. The van der Waals surface area contributed by atoms with Gasteiger partial charge >= 0.3 is 0 Å². The Morgan fingerprint density at radius 1 is 1.15 bits per heavy atom. The Morgan fingerprint density at radius 3 is 2.33 bits per heavy atom. The topological polar surface area (TPSA) is 61.4 Å². The maximum absolute atomic E-state index is 12.6. The Kier molecular flexibility index (Phi) is 5.35. The van der Waals surface area contributed by atoms with Crippen LogP contribution in [0.4, 0.5) is 5.69 Å². The van der Waals surface area contributed by atoms with Crippen LogP contribution in [0.2, 0.25) is 0 Å². The van der Waals surface area contributed by atoms with Crippen molar-refractivity contribution in [2.45, 2.75) is 77.4 Å². The van der Waals surface area contributed by atoms with E-state index in [1.165, 1.54) is 5.56 Å². The Labute approximate surface area is 162 Å². The second-order valence-corrected chi connectivity index (χ2v) is 9.68. The van der Waals surface area contributed by atoms with Gasteiger partial charge in [0.1, 0.15) is 0 Å². The van der Waals surface area contributed by atoms with E-state index in [4.69, 9.17) is 0 Å². The number of carbonyl (C=O) groups is 2. The zero-order chi connectivity index (χ0) is 19.8. The third-order valence-corrected chi connectivity index (χ3v) is 5.58. The highest BCUT2D eigenvalue weighted by molar-refractivity contribution is 5.96. The molecule has 5 heteroatoms. The lowest BCUT2D eigenvalue weighted by Gasteiger charge is -2.46. The van der Waals surface area contributed by atoms with Crippen LogP contribution in [0.1, 0.15) is 58.9 Å². The Bertz CT molecular complexity index is 693. The van der Waals surface area contributed by atoms with Gasteiger partial charge in [-0.2, -0.15) is 0 Å². The Morgan fingerprint density at radius 2 is 1.74 bits per heavy atom. The largest absolute Gasteiger partial charge is 0.351 e. The van der Waals surface area contributed by atoms with Gasteiger partial charge in [0.2, 0.25) is 11.8 Å².